The molecule has 1 aromatic rings. The number of allylic oxidation sites excluding steroid dienone is 1. The van der Waals surface area contributed by atoms with Crippen LogP contribution in [0, 0.1) is 0 Å². The lowest BCUT2D eigenvalue weighted by molar-refractivity contribution is 0.213. The fourth-order valence-electron chi connectivity index (χ4n) is 1.29. The van der Waals surface area contributed by atoms with Crippen molar-refractivity contribution in [2.45, 2.75) is 18.5 Å². The molecule has 0 aliphatic carbocycles. The molecule has 110 valence electrons. The molecule has 0 aliphatic rings. The third-order valence-corrected chi connectivity index (χ3v) is 3.72. The fraction of sp³-hybridized carbons (Fsp3) is 0.364. The van der Waals surface area contributed by atoms with Gasteiger partial charge >= 0.3 is 0 Å². The summed E-state index contributed by atoms with van der Waals surface area (Å²) in [5.41, 5.74) is 0.661. The quantitative estimate of drug-likeness (QED) is 0.454. The highest BCUT2D eigenvalue weighted by Crippen LogP contribution is 2.09. The van der Waals surface area contributed by atoms with Gasteiger partial charge in [0.25, 0.3) is 6.08 Å². The van der Waals surface area contributed by atoms with E-state index in [-0.39, 0.29) is 12.1 Å². The van der Waals surface area contributed by atoms with Crippen LogP contribution in [0.25, 0.3) is 0 Å². The van der Waals surface area contributed by atoms with E-state index in [0.717, 1.165) is 0 Å². The van der Waals surface area contributed by atoms with Crippen molar-refractivity contribution in [1.82, 2.24) is 9.97 Å². The zero-order valence-electron chi connectivity index (χ0n) is 10.9. The Morgan fingerprint density at radius 2 is 2.20 bits per heavy atom. The minimum atomic E-state index is -3.82. The Balaban J connectivity index is 2.99. The van der Waals surface area contributed by atoms with Gasteiger partial charge in [-0.25, -0.2) is 18.4 Å². The van der Waals surface area contributed by atoms with Crippen LogP contribution >= 0.6 is 0 Å². The summed E-state index contributed by atoms with van der Waals surface area (Å²) in [5.74, 6) is -0.492. The number of nitrogens with zero attached hydrogens (tertiary/aromatic N) is 3. The van der Waals surface area contributed by atoms with E-state index in [1.807, 2.05) is 0 Å². The van der Waals surface area contributed by atoms with Gasteiger partial charge in [0.2, 0.25) is 15.0 Å². The number of rotatable bonds is 6. The van der Waals surface area contributed by atoms with Gasteiger partial charge in [0.05, 0.1) is 11.4 Å². The summed E-state index contributed by atoms with van der Waals surface area (Å²) in [6, 6.07) is 1.47. The third-order valence-electron chi connectivity index (χ3n) is 2.20. The summed E-state index contributed by atoms with van der Waals surface area (Å²) < 4.78 is 47.5. The standard InChI is InChI=1S/C11H13F2N3O3S/c1-8(16-19-2)9-5-6-14-11(15-9)20(17,18)7-3-4-10(12)13/h4-6H,3,7H2,1-2H3. The van der Waals surface area contributed by atoms with Gasteiger partial charge in [0.1, 0.15) is 12.8 Å². The molecule has 0 spiro atoms. The summed E-state index contributed by atoms with van der Waals surface area (Å²) in [6.45, 7) is 1.59. The van der Waals surface area contributed by atoms with Gasteiger partial charge in [-0.3, -0.25) is 0 Å². The van der Waals surface area contributed by atoms with Gasteiger partial charge in [0.15, 0.2) is 0 Å². The van der Waals surface area contributed by atoms with Crippen molar-refractivity contribution >= 4 is 15.5 Å². The summed E-state index contributed by atoms with van der Waals surface area (Å²) in [6.07, 6.45) is -0.421. The molecule has 0 atom stereocenters. The van der Waals surface area contributed by atoms with E-state index >= 15 is 0 Å². The maximum atomic E-state index is 11.9. The Morgan fingerprint density at radius 3 is 2.80 bits per heavy atom. The zero-order valence-corrected chi connectivity index (χ0v) is 11.7. The molecule has 9 heteroatoms. The van der Waals surface area contributed by atoms with Crippen LogP contribution in [0.15, 0.2) is 34.7 Å². The van der Waals surface area contributed by atoms with Crippen molar-refractivity contribution in [2.24, 2.45) is 5.16 Å². The second kappa shape index (κ2) is 7.04. The second-order valence-corrected chi connectivity index (χ2v) is 5.69. The molecule has 0 radical (unpaired) electrons. The van der Waals surface area contributed by atoms with Crippen molar-refractivity contribution in [1.29, 1.82) is 0 Å². The Bertz CT molecular complexity index is 626. The minimum Gasteiger partial charge on any atom is -0.399 e. The van der Waals surface area contributed by atoms with Gasteiger partial charge in [-0.2, -0.15) is 8.78 Å². The van der Waals surface area contributed by atoms with E-state index < -0.39 is 26.8 Å². The first-order valence-electron chi connectivity index (χ1n) is 5.52. The molecule has 1 heterocycles. The monoisotopic (exact) mass is 305 g/mol. The predicted molar refractivity (Wildman–Crippen MR) is 68.2 cm³/mol. The van der Waals surface area contributed by atoms with Crippen molar-refractivity contribution < 1.29 is 22.0 Å². The normalized spacial score (nSPS) is 12.1. The molecule has 1 aromatic heterocycles. The largest absolute Gasteiger partial charge is 0.399 e. The molecule has 0 aliphatic heterocycles. The highest BCUT2D eigenvalue weighted by molar-refractivity contribution is 7.91. The first-order chi connectivity index (χ1) is 9.36. The average Bonchev–Trinajstić information content (AvgIpc) is 2.38. The molecule has 0 saturated carbocycles. The number of hydrogen-bond acceptors (Lipinski definition) is 6. The number of aromatic nitrogens is 2. The van der Waals surface area contributed by atoms with Crippen molar-refractivity contribution in [3.8, 4) is 0 Å². The molecule has 0 saturated heterocycles. The topological polar surface area (TPSA) is 81.5 Å². The molecule has 1 rings (SSSR count). The Labute approximate surface area is 115 Å². The van der Waals surface area contributed by atoms with Crippen molar-refractivity contribution in [2.75, 3.05) is 12.9 Å². The summed E-state index contributed by atoms with van der Waals surface area (Å²) in [5, 5.41) is 3.20. The van der Waals surface area contributed by atoms with Gasteiger partial charge in [-0.1, -0.05) is 5.16 Å². The van der Waals surface area contributed by atoms with Crippen LogP contribution in [0.5, 0.6) is 0 Å². The lowest BCUT2D eigenvalue weighted by atomic mass is 10.3. The minimum absolute atomic E-state index is 0.285. The van der Waals surface area contributed by atoms with Crippen LogP contribution < -0.4 is 0 Å². The molecule has 0 unspecified atom stereocenters. The SMILES string of the molecule is CON=C(C)c1ccnc(S(=O)(=O)CCC=C(F)F)n1. The van der Waals surface area contributed by atoms with E-state index in [9.17, 15) is 17.2 Å². The molecule has 0 bridgehead atoms. The van der Waals surface area contributed by atoms with Gasteiger partial charge < -0.3 is 4.84 Å². The van der Waals surface area contributed by atoms with Crippen molar-refractivity contribution in [3.63, 3.8) is 0 Å². The molecular weight excluding hydrogens is 292 g/mol. The maximum Gasteiger partial charge on any atom is 0.266 e. The Kier molecular flexibility index (Phi) is 5.68. The van der Waals surface area contributed by atoms with Crippen LogP contribution in [-0.4, -0.2) is 37.0 Å². The van der Waals surface area contributed by atoms with Gasteiger partial charge in [-0.05, 0) is 25.5 Å². The molecule has 20 heavy (non-hydrogen) atoms. The highest BCUT2D eigenvalue weighted by Gasteiger charge is 2.18. The summed E-state index contributed by atoms with van der Waals surface area (Å²) in [7, 11) is -2.48. The number of oxime groups is 1. The van der Waals surface area contributed by atoms with E-state index in [0.29, 0.717) is 11.8 Å². The van der Waals surface area contributed by atoms with E-state index in [4.69, 9.17) is 0 Å². The maximum absolute atomic E-state index is 11.9. The molecular formula is C11H13F2N3O3S. The van der Waals surface area contributed by atoms with E-state index in [2.05, 4.69) is 20.0 Å². The van der Waals surface area contributed by atoms with Crippen LogP contribution in [-0.2, 0) is 14.7 Å². The predicted octanol–water partition coefficient (Wildman–Crippen LogP) is 1.79. The summed E-state index contributed by atoms with van der Waals surface area (Å²) >= 11 is 0. The number of halogens is 2. The Morgan fingerprint density at radius 1 is 1.50 bits per heavy atom. The number of sulfone groups is 1. The first-order valence-corrected chi connectivity index (χ1v) is 7.17. The average molecular weight is 305 g/mol. The van der Waals surface area contributed by atoms with Crippen LogP contribution in [0.1, 0.15) is 19.0 Å². The summed E-state index contributed by atoms with van der Waals surface area (Å²) in [4.78, 5) is 12.1. The molecule has 0 fully saturated rings. The lowest BCUT2D eigenvalue weighted by Crippen LogP contribution is -2.13. The lowest BCUT2D eigenvalue weighted by Gasteiger charge is -2.03. The molecule has 0 amide bonds. The van der Waals surface area contributed by atoms with Crippen LogP contribution in [0.2, 0.25) is 0 Å². The molecule has 6 nitrogen and oxygen atoms in total. The zero-order chi connectivity index (χ0) is 15.2. The third kappa shape index (κ3) is 4.65. The van der Waals surface area contributed by atoms with Crippen molar-refractivity contribution in [3.05, 3.63) is 30.1 Å². The second-order valence-electron chi connectivity index (χ2n) is 3.69. The van der Waals surface area contributed by atoms with Gasteiger partial charge in [0, 0.05) is 6.20 Å². The van der Waals surface area contributed by atoms with E-state index in [1.54, 1.807) is 6.92 Å². The van der Waals surface area contributed by atoms with Gasteiger partial charge in [-0.15, -0.1) is 0 Å². The number of hydrogen-bond donors (Lipinski definition) is 0. The molecule has 0 N–H and O–H groups in total. The van der Waals surface area contributed by atoms with Crippen LogP contribution in [0.3, 0.4) is 0 Å². The first kappa shape index (κ1) is 16.2. The smallest absolute Gasteiger partial charge is 0.266 e. The highest BCUT2D eigenvalue weighted by atomic mass is 32.2. The molecule has 0 aromatic carbocycles. The van der Waals surface area contributed by atoms with Crippen LogP contribution in [0.4, 0.5) is 8.78 Å². The fourth-order valence-corrected chi connectivity index (χ4v) is 2.36. The Hall–Kier alpha value is -1.90. The van der Waals surface area contributed by atoms with E-state index in [1.165, 1.54) is 19.4 Å².